The largest absolute Gasteiger partial charge is 0.476 e. The number of aromatic carboxylic acids is 1. The van der Waals surface area contributed by atoms with Gasteiger partial charge in [0.05, 0.1) is 5.56 Å². The Bertz CT molecular complexity index is 689. The van der Waals surface area contributed by atoms with Gasteiger partial charge in [0.25, 0.3) is 5.91 Å². The molecule has 0 fully saturated rings. The molecule has 0 unspecified atom stereocenters. The Hall–Kier alpha value is -2.63. The number of carboxylic acid groups (broad SMARTS) is 1. The Balaban J connectivity index is 2.33. The molecule has 0 aliphatic carbocycles. The maximum atomic E-state index is 12.2. The summed E-state index contributed by atoms with van der Waals surface area (Å²) in [7, 11) is 1.57. The van der Waals surface area contributed by atoms with Gasteiger partial charge in [0, 0.05) is 18.9 Å². The predicted molar refractivity (Wildman–Crippen MR) is 74.0 cm³/mol. The molecule has 0 radical (unpaired) electrons. The molecule has 6 heteroatoms. The molecule has 2 aromatic rings. The van der Waals surface area contributed by atoms with Gasteiger partial charge in [-0.3, -0.25) is 9.48 Å². The number of nitrogens with zero attached hydrogens (tertiary/aromatic N) is 2. The quantitative estimate of drug-likeness (QED) is 0.895. The summed E-state index contributed by atoms with van der Waals surface area (Å²) in [6, 6.07) is 5.55. The van der Waals surface area contributed by atoms with Crippen molar-refractivity contribution < 1.29 is 14.7 Å². The molecule has 1 heterocycles. The third-order valence-electron chi connectivity index (χ3n) is 3.13. The Morgan fingerprint density at radius 3 is 2.65 bits per heavy atom. The number of aromatic nitrogens is 2. The molecule has 20 heavy (non-hydrogen) atoms. The lowest BCUT2D eigenvalue weighted by molar-refractivity contribution is 0.0685. The molecular formula is C14H15N3O3. The van der Waals surface area contributed by atoms with E-state index in [2.05, 4.69) is 10.4 Å². The fourth-order valence-corrected chi connectivity index (χ4v) is 1.89. The van der Waals surface area contributed by atoms with Crippen LogP contribution in [0.25, 0.3) is 0 Å². The normalized spacial score (nSPS) is 10.3. The number of carboxylic acids is 1. The third-order valence-corrected chi connectivity index (χ3v) is 3.13. The number of amides is 1. The van der Waals surface area contributed by atoms with E-state index in [0.717, 1.165) is 11.1 Å². The molecule has 1 aromatic carbocycles. The number of carbonyl (C=O) groups excluding carboxylic acids is 1. The van der Waals surface area contributed by atoms with Crippen molar-refractivity contribution in [1.82, 2.24) is 9.78 Å². The number of benzene rings is 1. The first-order valence-electron chi connectivity index (χ1n) is 6.04. The molecule has 0 atom stereocenters. The zero-order valence-corrected chi connectivity index (χ0v) is 11.5. The van der Waals surface area contributed by atoms with E-state index < -0.39 is 11.9 Å². The summed E-state index contributed by atoms with van der Waals surface area (Å²) in [5, 5.41) is 15.5. The highest BCUT2D eigenvalue weighted by molar-refractivity contribution is 6.10. The minimum absolute atomic E-state index is 0.0425. The summed E-state index contributed by atoms with van der Waals surface area (Å²) in [6.45, 7) is 3.84. The summed E-state index contributed by atoms with van der Waals surface area (Å²) in [4.78, 5) is 23.2. The van der Waals surface area contributed by atoms with Crippen molar-refractivity contribution in [3.05, 3.63) is 46.8 Å². The molecule has 0 bridgehead atoms. The second-order valence-electron chi connectivity index (χ2n) is 4.57. The number of hydrogen-bond donors (Lipinski definition) is 2. The molecule has 0 saturated heterocycles. The zero-order chi connectivity index (χ0) is 14.9. The van der Waals surface area contributed by atoms with Gasteiger partial charge >= 0.3 is 5.97 Å². The van der Waals surface area contributed by atoms with Crippen LogP contribution in [0.15, 0.2) is 24.4 Å². The van der Waals surface area contributed by atoms with Crippen molar-refractivity contribution in [3.8, 4) is 0 Å². The summed E-state index contributed by atoms with van der Waals surface area (Å²) < 4.78 is 1.31. The van der Waals surface area contributed by atoms with Crippen LogP contribution in [0.2, 0.25) is 0 Å². The molecule has 104 valence electrons. The SMILES string of the molecule is Cc1cccc(NC(=O)c2cn(C)nc2C(=O)O)c1C. The van der Waals surface area contributed by atoms with Crippen LogP contribution < -0.4 is 5.32 Å². The number of rotatable bonds is 3. The van der Waals surface area contributed by atoms with Gasteiger partial charge in [0.1, 0.15) is 0 Å². The predicted octanol–water partition coefficient (Wildman–Crippen LogP) is 1.99. The third kappa shape index (κ3) is 2.54. The van der Waals surface area contributed by atoms with Crippen molar-refractivity contribution in [1.29, 1.82) is 0 Å². The lowest BCUT2D eigenvalue weighted by Crippen LogP contribution is -2.16. The summed E-state index contributed by atoms with van der Waals surface area (Å²) in [5.74, 6) is -1.71. The van der Waals surface area contributed by atoms with Gasteiger partial charge in [-0.1, -0.05) is 12.1 Å². The summed E-state index contributed by atoms with van der Waals surface area (Å²) in [6.07, 6.45) is 1.39. The molecule has 0 aliphatic rings. The molecule has 6 nitrogen and oxygen atoms in total. The zero-order valence-electron chi connectivity index (χ0n) is 11.5. The standard InChI is InChI=1S/C14H15N3O3/c1-8-5-4-6-11(9(8)2)15-13(18)10-7-17(3)16-12(10)14(19)20/h4-7H,1-3H3,(H,15,18)(H,19,20). The molecule has 2 N–H and O–H groups in total. The Morgan fingerprint density at radius 1 is 1.30 bits per heavy atom. The van der Waals surface area contributed by atoms with E-state index >= 15 is 0 Å². The van der Waals surface area contributed by atoms with Crippen molar-refractivity contribution in [2.45, 2.75) is 13.8 Å². The van der Waals surface area contributed by atoms with Crippen LogP contribution in [0.1, 0.15) is 32.0 Å². The van der Waals surface area contributed by atoms with Crippen LogP contribution in [-0.4, -0.2) is 26.8 Å². The van der Waals surface area contributed by atoms with Gasteiger partial charge in [-0.2, -0.15) is 5.10 Å². The Morgan fingerprint density at radius 2 is 2.00 bits per heavy atom. The lowest BCUT2D eigenvalue weighted by Gasteiger charge is -2.09. The smallest absolute Gasteiger partial charge is 0.357 e. The number of hydrogen-bond acceptors (Lipinski definition) is 3. The fourth-order valence-electron chi connectivity index (χ4n) is 1.89. The van der Waals surface area contributed by atoms with Gasteiger partial charge < -0.3 is 10.4 Å². The van der Waals surface area contributed by atoms with Gasteiger partial charge in [-0.15, -0.1) is 0 Å². The van der Waals surface area contributed by atoms with Crippen molar-refractivity contribution >= 4 is 17.6 Å². The van der Waals surface area contributed by atoms with Crippen molar-refractivity contribution in [2.75, 3.05) is 5.32 Å². The van der Waals surface area contributed by atoms with Crippen LogP contribution in [0.3, 0.4) is 0 Å². The van der Waals surface area contributed by atoms with E-state index in [1.165, 1.54) is 10.9 Å². The fraction of sp³-hybridized carbons (Fsp3) is 0.214. The van der Waals surface area contributed by atoms with Crippen molar-refractivity contribution in [3.63, 3.8) is 0 Å². The molecule has 0 aliphatic heterocycles. The van der Waals surface area contributed by atoms with Crippen LogP contribution in [-0.2, 0) is 7.05 Å². The van der Waals surface area contributed by atoms with E-state index in [4.69, 9.17) is 5.11 Å². The number of nitrogens with one attached hydrogen (secondary N) is 1. The van der Waals surface area contributed by atoms with Crippen LogP contribution >= 0.6 is 0 Å². The molecule has 0 saturated carbocycles. The highest BCUT2D eigenvalue weighted by Gasteiger charge is 2.21. The minimum atomic E-state index is -1.23. The number of aryl methyl sites for hydroxylation is 2. The maximum absolute atomic E-state index is 12.2. The van der Waals surface area contributed by atoms with Crippen molar-refractivity contribution in [2.24, 2.45) is 7.05 Å². The maximum Gasteiger partial charge on any atom is 0.357 e. The average molecular weight is 273 g/mol. The topological polar surface area (TPSA) is 84.2 Å². The van der Waals surface area contributed by atoms with E-state index in [9.17, 15) is 9.59 Å². The second-order valence-corrected chi connectivity index (χ2v) is 4.57. The number of carbonyl (C=O) groups is 2. The first-order chi connectivity index (χ1) is 9.40. The van der Waals surface area contributed by atoms with E-state index in [0.29, 0.717) is 5.69 Å². The van der Waals surface area contributed by atoms with E-state index in [-0.39, 0.29) is 11.3 Å². The van der Waals surface area contributed by atoms with Gasteiger partial charge in [-0.05, 0) is 31.0 Å². The van der Waals surface area contributed by atoms with E-state index in [1.807, 2.05) is 26.0 Å². The summed E-state index contributed by atoms with van der Waals surface area (Å²) in [5.41, 5.74) is 2.44. The highest BCUT2D eigenvalue weighted by Crippen LogP contribution is 2.19. The first kappa shape index (κ1) is 13.8. The van der Waals surface area contributed by atoms with Crippen LogP contribution in [0.5, 0.6) is 0 Å². The van der Waals surface area contributed by atoms with Crippen LogP contribution in [0.4, 0.5) is 5.69 Å². The Kier molecular flexibility index (Phi) is 3.56. The van der Waals surface area contributed by atoms with Gasteiger partial charge in [0.2, 0.25) is 0 Å². The van der Waals surface area contributed by atoms with Gasteiger partial charge in [-0.25, -0.2) is 4.79 Å². The first-order valence-corrected chi connectivity index (χ1v) is 6.04. The molecule has 1 amide bonds. The minimum Gasteiger partial charge on any atom is -0.476 e. The lowest BCUT2D eigenvalue weighted by atomic mass is 10.1. The molecule has 1 aromatic heterocycles. The number of anilines is 1. The summed E-state index contributed by atoms with van der Waals surface area (Å²) >= 11 is 0. The molecular weight excluding hydrogens is 258 g/mol. The monoisotopic (exact) mass is 273 g/mol. The Labute approximate surface area is 116 Å². The van der Waals surface area contributed by atoms with Crippen LogP contribution in [0, 0.1) is 13.8 Å². The van der Waals surface area contributed by atoms with E-state index in [1.54, 1.807) is 13.1 Å². The molecule has 0 spiro atoms. The highest BCUT2D eigenvalue weighted by atomic mass is 16.4. The average Bonchev–Trinajstić information content (AvgIpc) is 2.77. The molecule has 2 rings (SSSR count). The second kappa shape index (κ2) is 5.16. The van der Waals surface area contributed by atoms with Gasteiger partial charge in [0.15, 0.2) is 5.69 Å².